The maximum Gasteiger partial charge on any atom is 0.217 e. The lowest BCUT2D eigenvalue weighted by Crippen LogP contribution is -2.20. The SMILES string of the molecule is CSc1nccc(O[C@@H]2CCNC2)n1.Cl. The van der Waals surface area contributed by atoms with Crippen LogP contribution in [0.25, 0.3) is 0 Å². The minimum Gasteiger partial charge on any atom is -0.473 e. The summed E-state index contributed by atoms with van der Waals surface area (Å²) in [6.45, 7) is 1.95. The van der Waals surface area contributed by atoms with Crippen molar-refractivity contribution >= 4 is 24.2 Å². The Bertz CT molecular complexity index is 307. The maximum absolute atomic E-state index is 5.69. The Morgan fingerprint density at radius 1 is 1.60 bits per heavy atom. The Hall–Kier alpha value is -0.520. The number of hydrogen-bond acceptors (Lipinski definition) is 5. The summed E-state index contributed by atoms with van der Waals surface area (Å²) >= 11 is 1.52. The van der Waals surface area contributed by atoms with E-state index in [0.717, 1.165) is 24.7 Å². The third-order valence-electron chi connectivity index (χ3n) is 2.09. The number of aromatic nitrogens is 2. The monoisotopic (exact) mass is 247 g/mol. The molecule has 1 atom stereocenters. The number of hydrogen-bond donors (Lipinski definition) is 1. The van der Waals surface area contributed by atoms with Gasteiger partial charge in [-0.05, 0) is 19.2 Å². The molecule has 1 aliphatic heterocycles. The Balaban J connectivity index is 0.00000112. The average Bonchev–Trinajstić information content (AvgIpc) is 2.71. The average molecular weight is 248 g/mol. The second-order valence-corrected chi connectivity index (χ2v) is 3.89. The molecule has 15 heavy (non-hydrogen) atoms. The van der Waals surface area contributed by atoms with Crippen LogP contribution < -0.4 is 10.1 Å². The lowest BCUT2D eigenvalue weighted by atomic mass is 10.3. The molecular formula is C9H14ClN3OS. The van der Waals surface area contributed by atoms with Crippen molar-refractivity contribution in [3.05, 3.63) is 12.3 Å². The fourth-order valence-corrected chi connectivity index (χ4v) is 1.74. The number of halogens is 1. The molecule has 0 unspecified atom stereocenters. The van der Waals surface area contributed by atoms with E-state index in [4.69, 9.17) is 4.74 Å². The Morgan fingerprint density at radius 3 is 3.13 bits per heavy atom. The van der Waals surface area contributed by atoms with Crippen molar-refractivity contribution in [2.24, 2.45) is 0 Å². The highest BCUT2D eigenvalue weighted by Gasteiger charge is 2.16. The van der Waals surface area contributed by atoms with Crippen molar-refractivity contribution in [3.63, 3.8) is 0 Å². The number of nitrogens with zero attached hydrogens (tertiary/aromatic N) is 2. The summed E-state index contributed by atoms with van der Waals surface area (Å²) in [7, 11) is 0. The summed E-state index contributed by atoms with van der Waals surface area (Å²) in [5.74, 6) is 0.679. The van der Waals surface area contributed by atoms with Crippen molar-refractivity contribution in [2.45, 2.75) is 17.7 Å². The molecule has 6 heteroatoms. The van der Waals surface area contributed by atoms with Crippen molar-refractivity contribution < 1.29 is 4.74 Å². The predicted octanol–water partition coefficient (Wildman–Crippen LogP) is 1.36. The Labute approximate surface area is 99.6 Å². The van der Waals surface area contributed by atoms with Crippen LogP contribution in [0.5, 0.6) is 5.88 Å². The molecule has 4 nitrogen and oxygen atoms in total. The number of nitrogens with one attached hydrogen (secondary N) is 1. The fourth-order valence-electron chi connectivity index (χ4n) is 1.39. The van der Waals surface area contributed by atoms with Crippen LogP contribution in [0.2, 0.25) is 0 Å². The molecule has 1 aromatic heterocycles. The summed E-state index contributed by atoms with van der Waals surface area (Å²) in [6, 6.07) is 1.80. The van der Waals surface area contributed by atoms with Gasteiger partial charge < -0.3 is 10.1 Å². The minimum absolute atomic E-state index is 0. The zero-order chi connectivity index (χ0) is 9.80. The van der Waals surface area contributed by atoms with Gasteiger partial charge in [-0.25, -0.2) is 4.98 Å². The second-order valence-electron chi connectivity index (χ2n) is 3.11. The molecule has 0 saturated carbocycles. The summed E-state index contributed by atoms with van der Waals surface area (Å²) in [4.78, 5) is 8.35. The number of rotatable bonds is 3. The third-order valence-corrected chi connectivity index (χ3v) is 2.65. The van der Waals surface area contributed by atoms with Crippen molar-refractivity contribution in [1.82, 2.24) is 15.3 Å². The maximum atomic E-state index is 5.69. The van der Waals surface area contributed by atoms with Gasteiger partial charge in [0.25, 0.3) is 0 Å². The van der Waals surface area contributed by atoms with E-state index in [1.54, 1.807) is 12.3 Å². The minimum atomic E-state index is 0. The van der Waals surface area contributed by atoms with Crippen LogP contribution in [0.1, 0.15) is 6.42 Å². The van der Waals surface area contributed by atoms with Crippen molar-refractivity contribution in [3.8, 4) is 5.88 Å². The zero-order valence-corrected chi connectivity index (χ0v) is 10.1. The summed E-state index contributed by atoms with van der Waals surface area (Å²) in [5.41, 5.74) is 0. The molecule has 2 heterocycles. The highest BCUT2D eigenvalue weighted by Crippen LogP contribution is 2.15. The third kappa shape index (κ3) is 3.52. The van der Waals surface area contributed by atoms with Crippen LogP contribution in [0.4, 0.5) is 0 Å². The van der Waals surface area contributed by atoms with E-state index in [1.165, 1.54) is 11.8 Å². The molecule has 1 aliphatic rings. The molecule has 0 spiro atoms. The van der Waals surface area contributed by atoms with Crippen LogP contribution in [0.15, 0.2) is 17.4 Å². The molecule has 0 bridgehead atoms. The molecule has 2 rings (SSSR count). The summed E-state index contributed by atoms with van der Waals surface area (Å²) in [6.07, 6.45) is 5.00. The molecule has 84 valence electrons. The molecule has 1 fully saturated rings. The first-order valence-corrected chi connectivity index (χ1v) is 5.85. The van der Waals surface area contributed by atoms with Gasteiger partial charge in [-0.15, -0.1) is 12.4 Å². The summed E-state index contributed by atoms with van der Waals surface area (Å²) in [5, 5.41) is 4.01. The van der Waals surface area contributed by atoms with Crippen LogP contribution in [0, 0.1) is 0 Å². The Kier molecular flexibility index (Phi) is 5.14. The molecule has 1 saturated heterocycles. The highest BCUT2D eigenvalue weighted by atomic mass is 35.5. The zero-order valence-electron chi connectivity index (χ0n) is 8.47. The number of ether oxygens (including phenoxy) is 1. The van der Waals surface area contributed by atoms with Gasteiger partial charge in [0.2, 0.25) is 5.88 Å². The summed E-state index contributed by atoms with van der Waals surface area (Å²) < 4.78 is 5.69. The first kappa shape index (κ1) is 12.5. The van der Waals surface area contributed by atoms with Crippen LogP contribution in [-0.4, -0.2) is 35.4 Å². The van der Waals surface area contributed by atoms with Gasteiger partial charge in [0.15, 0.2) is 5.16 Å². The van der Waals surface area contributed by atoms with Crippen LogP contribution in [0.3, 0.4) is 0 Å². The van der Waals surface area contributed by atoms with E-state index in [9.17, 15) is 0 Å². The van der Waals surface area contributed by atoms with E-state index in [2.05, 4.69) is 15.3 Å². The van der Waals surface area contributed by atoms with Crippen molar-refractivity contribution in [1.29, 1.82) is 0 Å². The van der Waals surface area contributed by atoms with Gasteiger partial charge in [0.1, 0.15) is 6.10 Å². The fraction of sp³-hybridized carbons (Fsp3) is 0.556. The van der Waals surface area contributed by atoms with E-state index in [0.29, 0.717) is 5.88 Å². The van der Waals surface area contributed by atoms with E-state index in [-0.39, 0.29) is 18.5 Å². The first-order chi connectivity index (χ1) is 6.88. The standard InChI is InChI=1S/C9H13N3OS.ClH/c1-14-9-11-5-3-8(12-9)13-7-2-4-10-6-7;/h3,5,7,10H,2,4,6H2,1H3;1H/t7-;/m1./s1. The molecule has 0 aromatic carbocycles. The smallest absolute Gasteiger partial charge is 0.217 e. The molecule has 0 aliphatic carbocycles. The van der Waals surface area contributed by atoms with Gasteiger partial charge in [0.05, 0.1) is 0 Å². The van der Waals surface area contributed by atoms with E-state index >= 15 is 0 Å². The topological polar surface area (TPSA) is 47.0 Å². The molecule has 0 amide bonds. The predicted molar refractivity (Wildman–Crippen MR) is 63.0 cm³/mol. The largest absolute Gasteiger partial charge is 0.473 e. The Morgan fingerprint density at radius 2 is 2.47 bits per heavy atom. The normalized spacial score (nSPS) is 19.7. The molecule has 1 N–H and O–H groups in total. The first-order valence-electron chi connectivity index (χ1n) is 4.63. The van der Waals surface area contributed by atoms with Crippen LogP contribution in [-0.2, 0) is 0 Å². The number of thioether (sulfide) groups is 1. The highest BCUT2D eigenvalue weighted by molar-refractivity contribution is 7.98. The van der Waals surface area contributed by atoms with Crippen molar-refractivity contribution in [2.75, 3.05) is 19.3 Å². The van der Waals surface area contributed by atoms with E-state index in [1.807, 2.05) is 6.26 Å². The van der Waals surface area contributed by atoms with Gasteiger partial charge in [0, 0.05) is 18.8 Å². The lowest BCUT2D eigenvalue weighted by molar-refractivity contribution is 0.212. The van der Waals surface area contributed by atoms with Gasteiger partial charge in [-0.3, -0.25) is 0 Å². The molecule has 0 radical (unpaired) electrons. The van der Waals surface area contributed by atoms with Gasteiger partial charge in [-0.1, -0.05) is 11.8 Å². The lowest BCUT2D eigenvalue weighted by Gasteiger charge is -2.11. The molecule has 1 aromatic rings. The second kappa shape index (κ2) is 6.15. The van der Waals surface area contributed by atoms with Gasteiger partial charge in [-0.2, -0.15) is 4.98 Å². The van der Waals surface area contributed by atoms with Crippen LogP contribution >= 0.6 is 24.2 Å². The van der Waals surface area contributed by atoms with E-state index < -0.39 is 0 Å². The van der Waals surface area contributed by atoms with Gasteiger partial charge >= 0.3 is 0 Å². The molecular weight excluding hydrogens is 234 g/mol. The quantitative estimate of drug-likeness (QED) is 0.646.